The van der Waals surface area contributed by atoms with E-state index in [-0.39, 0.29) is 11.8 Å². The van der Waals surface area contributed by atoms with E-state index in [4.69, 9.17) is 0 Å². The van der Waals surface area contributed by atoms with Crippen LogP contribution in [0.25, 0.3) is 6.08 Å². The average Bonchev–Trinajstić information content (AvgIpc) is 2.53. The van der Waals surface area contributed by atoms with Gasteiger partial charge in [-0.1, -0.05) is 37.3 Å². The number of hydrogen-bond acceptors (Lipinski definition) is 2. The topological polar surface area (TPSA) is 40.6 Å². The fourth-order valence-electron chi connectivity index (χ4n) is 2.49. The van der Waals surface area contributed by atoms with Crippen LogP contribution in [0, 0.1) is 0 Å². The predicted molar refractivity (Wildman–Crippen MR) is 83.5 cm³/mol. The number of rotatable bonds is 3. The third-order valence-electron chi connectivity index (χ3n) is 3.81. The second kappa shape index (κ2) is 7.07. The number of carbonyl (C=O) groups is 2. The van der Waals surface area contributed by atoms with Gasteiger partial charge in [-0.2, -0.15) is 0 Å². The summed E-state index contributed by atoms with van der Waals surface area (Å²) in [5.41, 5.74) is 1.86. The molecule has 4 heteroatoms. The zero-order chi connectivity index (χ0) is 15.2. The Morgan fingerprint density at radius 3 is 2.14 bits per heavy atom. The van der Waals surface area contributed by atoms with Crippen LogP contribution in [-0.2, 0) is 9.59 Å². The lowest BCUT2D eigenvalue weighted by Crippen LogP contribution is -2.50. The molecule has 0 radical (unpaired) electrons. The summed E-state index contributed by atoms with van der Waals surface area (Å²) < 4.78 is 0. The maximum Gasteiger partial charge on any atom is 0.249 e. The Morgan fingerprint density at radius 1 is 1.05 bits per heavy atom. The van der Waals surface area contributed by atoms with Gasteiger partial charge in [0.1, 0.15) is 0 Å². The normalized spacial score (nSPS) is 16.0. The first kappa shape index (κ1) is 15.3. The monoisotopic (exact) mass is 286 g/mol. The quantitative estimate of drug-likeness (QED) is 0.799. The molecular formula is C17H22N2O2. The van der Waals surface area contributed by atoms with Gasteiger partial charge in [0.15, 0.2) is 0 Å². The first-order valence-corrected chi connectivity index (χ1v) is 7.42. The maximum atomic E-state index is 12.6. The number of amides is 2. The highest BCUT2D eigenvalue weighted by molar-refractivity contribution is 5.97. The van der Waals surface area contributed by atoms with Gasteiger partial charge in [0.05, 0.1) is 0 Å². The van der Waals surface area contributed by atoms with Gasteiger partial charge in [-0.15, -0.1) is 0 Å². The summed E-state index contributed by atoms with van der Waals surface area (Å²) >= 11 is 0. The number of carbonyl (C=O) groups excluding carboxylic acids is 2. The van der Waals surface area contributed by atoms with Gasteiger partial charge in [-0.3, -0.25) is 9.59 Å². The third kappa shape index (κ3) is 3.94. The van der Waals surface area contributed by atoms with Crippen LogP contribution in [0.2, 0.25) is 0 Å². The van der Waals surface area contributed by atoms with E-state index in [1.165, 1.54) is 0 Å². The molecule has 2 amide bonds. The van der Waals surface area contributed by atoms with E-state index in [0.717, 1.165) is 11.1 Å². The summed E-state index contributed by atoms with van der Waals surface area (Å²) in [6.07, 6.45) is 2.67. The summed E-state index contributed by atoms with van der Waals surface area (Å²) in [5, 5.41) is 0. The molecular weight excluding hydrogens is 264 g/mol. The van der Waals surface area contributed by atoms with Gasteiger partial charge in [0, 0.05) is 38.7 Å². The largest absolute Gasteiger partial charge is 0.339 e. The highest BCUT2D eigenvalue weighted by Gasteiger charge is 2.23. The Labute approximate surface area is 126 Å². The van der Waals surface area contributed by atoms with Crippen molar-refractivity contribution in [2.45, 2.75) is 20.3 Å². The summed E-state index contributed by atoms with van der Waals surface area (Å²) in [7, 11) is 0. The summed E-state index contributed by atoms with van der Waals surface area (Å²) in [4.78, 5) is 27.5. The Balaban J connectivity index is 2.05. The zero-order valence-corrected chi connectivity index (χ0v) is 12.7. The lowest BCUT2D eigenvalue weighted by atomic mass is 10.1. The molecule has 1 saturated heterocycles. The molecule has 1 heterocycles. The Hall–Kier alpha value is -2.10. The molecule has 1 aliphatic heterocycles. The Bertz CT molecular complexity index is 529. The lowest BCUT2D eigenvalue weighted by molar-refractivity contribution is -0.136. The minimum absolute atomic E-state index is 0.0811. The van der Waals surface area contributed by atoms with Crippen molar-refractivity contribution in [1.82, 2.24) is 9.80 Å². The smallest absolute Gasteiger partial charge is 0.249 e. The molecule has 21 heavy (non-hydrogen) atoms. The van der Waals surface area contributed by atoms with E-state index in [9.17, 15) is 9.59 Å². The second-order valence-electron chi connectivity index (χ2n) is 5.23. The molecule has 112 valence electrons. The second-order valence-corrected chi connectivity index (χ2v) is 5.23. The van der Waals surface area contributed by atoms with Crippen molar-refractivity contribution < 1.29 is 9.59 Å². The van der Waals surface area contributed by atoms with Gasteiger partial charge in [0.25, 0.3) is 0 Å². The summed E-state index contributed by atoms with van der Waals surface area (Å²) in [5.74, 6) is 0.169. The van der Waals surface area contributed by atoms with Crippen molar-refractivity contribution in [1.29, 1.82) is 0 Å². The molecule has 1 fully saturated rings. The first-order chi connectivity index (χ1) is 10.1. The Morgan fingerprint density at radius 2 is 1.62 bits per heavy atom. The maximum absolute atomic E-state index is 12.6. The van der Waals surface area contributed by atoms with Crippen LogP contribution in [0.5, 0.6) is 0 Å². The molecule has 0 unspecified atom stereocenters. The minimum Gasteiger partial charge on any atom is -0.339 e. The highest BCUT2D eigenvalue weighted by atomic mass is 16.2. The molecule has 1 aromatic carbocycles. The van der Waals surface area contributed by atoms with Gasteiger partial charge < -0.3 is 9.80 Å². The van der Waals surface area contributed by atoms with Crippen molar-refractivity contribution >= 4 is 17.9 Å². The van der Waals surface area contributed by atoms with Crippen molar-refractivity contribution in [3.63, 3.8) is 0 Å². The van der Waals surface area contributed by atoms with Crippen LogP contribution in [0.3, 0.4) is 0 Å². The number of piperazine rings is 1. The molecule has 0 atom stereocenters. The van der Waals surface area contributed by atoms with Crippen molar-refractivity contribution in [3.05, 3.63) is 41.5 Å². The molecule has 0 saturated carbocycles. The number of nitrogens with zero attached hydrogens (tertiary/aromatic N) is 2. The molecule has 0 spiro atoms. The molecule has 0 aliphatic carbocycles. The molecule has 4 nitrogen and oxygen atoms in total. The van der Waals surface area contributed by atoms with E-state index < -0.39 is 0 Å². The van der Waals surface area contributed by atoms with Crippen molar-refractivity contribution in [2.24, 2.45) is 0 Å². The van der Waals surface area contributed by atoms with Gasteiger partial charge in [-0.25, -0.2) is 0 Å². The molecule has 0 bridgehead atoms. The molecule has 0 N–H and O–H groups in total. The van der Waals surface area contributed by atoms with Crippen LogP contribution in [0.1, 0.15) is 25.8 Å². The molecule has 1 aromatic rings. The highest BCUT2D eigenvalue weighted by Crippen LogP contribution is 2.14. The standard InChI is InChI=1S/C17H22N2O2/c1-3-16(13-15-7-5-4-6-8-15)17(21)19-11-9-18(10-12-19)14(2)20/h4-8,13H,3,9-12H2,1-2H3/b16-13+. The van der Waals surface area contributed by atoms with E-state index in [1.54, 1.807) is 11.8 Å². The molecule has 2 rings (SSSR count). The minimum atomic E-state index is 0.0811. The van der Waals surface area contributed by atoms with Crippen LogP contribution in [0.4, 0.5) is 0 Å². The van der Waals surface area contributed by atoms with Gasteiger partial charge in [0.2, 0.25) is 11.8 Å². The third-order valence-corrected chi connectivity index (χ3v) is 3.81. The van der Waals surface area contributed by atoms with E-state index in [1.807, 2.05) is 48.2 Å². The fraction of sp³-hybridized carbons (Fsp3) is 0.412. The first-order valence-electron chi connectivity index (χ1n) is 7.42. The van der Waals surface area contributed by atoms with Gasteiger partial charge >= 0.3 is 0 Å². The molecule has 0 aromatic heterocycles. The van der Waals surface area contributed by atoms with E-state index in [0.29, 0.717) is 32.6 Å². The van der Waals surface area contributed by atoms with Crippen LogP contribution in [-0.4, -0.2) is 47.8 Å². The van der Waals surface area contributed by atoms with Gasteiger partial charge in [-0.05, 0) is 18.1 Å². The molecule has 1 aliphatic rings. The predicted octanol–water partition coefficient (Wildman–Crippen LogP) is 2.17. The number of hydrogen-bond donors (Lipinski definition) is 0. The van der Waals surface area contributed by atoms with Crippen LogP contribution < -0.4 is 0 Å². The average molecular weight is 286 g/mol. The SMILES string of the molecule is CC/C(=C\c1ccccc1)C(=O)N1CCN(C(C)=O)CC1. The summed E-state index contributed by atoms with van der Waals surface area (Å²) in [6.45, 7) is 6.06. The van der Waals surface area contributed by atoms with Crippen molar-refractivity contribution in [2.75, 3.05) is 26.2 Å². The van der Waals surface area contributed by atoms with E-state index in [2.05, 4.69) is 0 Å². The fourth-order valence-corrected chi connectivity index (χ4v) is 2.49. The lowest BCUT2D eigenvalue weighted by Gasteiger charge is -2.34. The zero-order valence-electron chi connectivity index (χ0n) is 12.7. The van der Waals surface area contributed by atoms with Crippen LogP contribution in [0.15, 0.2) is 35.9 Å². The Kier molecular flexibility index (Phi) is 5.14. The van der Waals surface area contributed by atoms with Crippen LogP contribution >= 0.6 is 0 Å². The number of benzene rings is 1. The van der Waals surface area contributed by atoms with E-state index >= 15 is 0 Å². The van der Waals surface area contributed by atoms with Crippen molar-refractivity contribution in [3.8, 4) is 0 Å². The summed E-state index contributed by atoms with van der Waals surface area (Å²) in [6, 6.07) is 9.89.